The Kier molecular flexibility index (Phi) is 5.86. The van der Waals surface area contributed by atoms with Crippen molar-refractivity contribution in [2.45, 2.75) is 6.18 Å². The van der Waals surface area contributed by atoms with E-state index >= 15 is 0 Å². The van der Waals surface area contributed by atoms with Gasteiger partial charge >= 0.3 is 6.18 Å². The van der Waals surface area contributed by atoms with Crippen molar-refractivity contribution in [2.75, 3.05) is 0 Å². The van der Waals surface area contributed by atoms with Crippen molar-refractivity contribution in [3.05, 3.63) is 145 Å². The Morgan fingerprint density at radius 2 is 1.11 bits per heavy atom. The molecule has 7 aromatic carbocycles. The standard InChI is InChI=1S/C40H23F3N2S/c41-40(42,43)26-20-22-27(23-21-26)45-38-32-11-4-2-9-30(32)29-8-1-3-10-31(29)37(38)44-39(45)25-18-16-24(17-19-25)28-13-7-15-35-36(28)33-12-5-6-14-34(33)46-35/h1-23H. The summed E-state index contributed by atoms with van der Waals surface area (Å²) in [5.41, 5.74) is 4.73. The van der Waals surface area contributed by atoms with Crippen molar-refractivity contribution in [3.63, 3.8) is 0 Å². The molecule has 0 aliphatic carbocycles. The molecular weight excluding hydrogens is 598 g/mol. The van der Waals surface area contributed by atoms with Crippen molar-refractivity contribution in [2.24, 2.45) is 0 Å². The van der Waals surface area contributed by atoms with Crippen LogP contribution in [-0.4, -0.2) is 9.55 Å². The van der Waals surface area contributed by atoms with E-state index in [1.165, 1.54) is 32.3 Å². The predicted molar refractivity (Wildman–Crippen MR) is 185 cm³/mol. The fourth-order valence-electron chi connectivity index (χ4n) is 6.76. The Labute approximate surface area is 265 Å². The lowest BCUT2D eigenvalue weighted by Gasteiger charge is -2.14. The van der Waals surface area contributed by atoms with Crippen LogP contribution in [0.1, 0.15) is 5.56 Å². The van der Waals surface area contributed by atoms with Crippen LogP contribution in [0, 0.1) is 0 Å². The fraction of sp³-hybridized carbons (Fsp3) is 0.0250. The lowest BCUT2D eigenvalue weighted by molar-refractivity contribution is -0.137. The highest BCUT2D eigenvalue weighted by Crippen LogP contribution is 2.42. The quantitative estimate of drug-likeness (QED) is 0.180. The molecule has 220 valence electrons. The average molecular weight is 621 g/mol. The second kappa shape index (κ2) is 10.0. The Balaban J connectivity index is 1.30. The minimum absolute atomic E-state index is 0.615. The number of benzene rings is 7. The van der Waals surface area contributed by atoms with E-state index in [0.717, 1.165) is 61.4 Å². The molecule has 9 rings (SSSR count). The SMILES string of the molecule is FC(F)(F)c1ccc(-n2c(-c3ccc(-c4cccc5sc6ccccc6c45)cc3)nc3c4ccccc4c4ccccc4c32)cc1. The molecule has 0 amide bonds. The summed E-state index contributed by atoms with van der Waals surface area (Å²) in [5.74, 6) is 0.669. The van der Waals surface area contributed by atoms with Crippen molar-refractivity contribution < 1.29 is 13.2 Å². The summed E-state index contributed by atoms with van der Waals surface area (Å²) in [4.78, 5) is 5.24. The maximum atomic E-state index is 13.6. The molecule has 2 aromatic heterocycles. The third-order valence-corrected chi connectivity index (χ3v) is 9.98. The first-order valence-corrected chi connectivity index (χ1v) is 15.8. The molecule has 2 nitrogen and oxygen atoms in total. The van der Waals surface area contributed by atoms with E-state index in [2.05, 4.69) is 91.0 Å². The molecule has 46 heavy (non-hydrogen) atoms. The molecule has 0 unspecified atom stereocenters. The number of hydrogen-bond donors (Lipinski definition) is 0. The zero-order valence-corrected chi connectivity index (χ0v) is 25.0. The third kappa shape index (κ3) is 4.07. The Morgan fingerprint density at radius 1 is 0.522 bits per heavy atom. The highest BCUT2D eigenvalue weighted by atomic mass is 32.1. The average Bonchev–Trinajstić information content (AvgIpc) is 3.68. The summed E-state index contributed by atoms with van der Waals surface area (Å²) < 4.78 is 45.2. The highest BCUT2D eigenvalue weighted by molar-refractivity contribution is 7.25. The Hall–Kier alpha value is -5.46. The van der Waals surface area contributed by atoms with Gasteiger partial charge in [-0.3, -0.25) is 4.57 Å². The van der Waals surface area contributed by atoms with Crippen molar-refractivity contribution in [1.29, 1.82) is 0 Å². The highest BCUT2D eigenvalue weighted by Gasteiger charge is 2.30. The van der Waals surface area contributed by atoms with Crippen LogP contribution in [0.3, 0.4) is 0 Å². The number of thiophene rings is 1. The molecule has 0 saturated heterocycles. The van der Waals surface area contributed by atoms with Crippen molar-refractivity contribution in [1.82, 2.24) is 9.55 Å². The van der Waals surface area contributed by atoms with Crippen LogP contribution in [-0.2, 0) is 6.18 Å². The maximum Gasteiger partial charge on any atom is 0.416 e. The molecule has 0 aliphatic heterocycles. The van der Waals surface area contributed by atoms with Gasteiger partial charge in [-0.2, -0.15) is 13.2 Å². The van der Waals surface area contributed by atoms with Crippen LogP contribution in [0.25, 0.3) is 81.0 Å². The van der Waals surface area contributed by atoms with Gasteiger partial charge in [0, 0.05) is 42.2 Å². The second-order valence-electron chi connectivity index (χ2n) is 11.5. The monoisotopic (exact) mass is 620 g/mol. The molecule has 0 atom stereocenters. The van der Waals surface area contributed by atoms with Crippen LogP contribution in [0.15, 0.2) is 140 Å². The van der Waals surface area contributed by atoms with Crippen LogP contribution in [0.5, 0.6) is 0 Å². The van der Waals surface area contributed by atoms with E-state index in [4.69, 9.17) is 4.98 Å². The zero-order valence-electron chi connectivity index (χ0n) is 24.2. The van der Waals surface area contributed by atoms with Gasteiger partial charge in [-0.1, -0.05) is 103 Å². The maximum absolute atomic E-state index is 13.6. The van der Waals surface area contributed by atoms with Gasteiger partial charge < -0.3 is 0 Å². The number of hydrogen-bond acceptors (Lipinski definition) is 2. The molecular formula is C40H23F3N2S. The second-order valence-corrected chi connectivity index (χ2v) is 12.5. The Morgan fingerprint density at radius 3 is 1.83 bits per heavy atom. The minimum Gasteiger partial charge on any atom is -0.292 e. The van der Waals surface area contributed by atoms with Crippen molar-refractivity contribution >= 4 is 64.1 Å². The molecule has 2 heterocycles. The van der Waals surface area contributed by atoms with E-state index in [9.17, 15) is 13.2 Å². The number of fused-ring (bicyclic) bond motifs is 9. The van der Waals surface area contributed by atoms with Gasteiger partial charge in [0.2, 0.25) is 0 Å². The number of nitrogens with zero attached hydrogens (tertiary/aromatic N) is 2. The zero-order chi connectivity index (χ0) is 31.0. The van der Waals surface area contributed by atoms with Gasteiger partial charge in [-0.15, -0.1) is 11.3 Å². The summed E-state index contributed by atoms with van der Waals surface area (Å²) in [7, 11) is 0. The molecule has 0 fully saturated rings. The van der Waals surface area contributed by atoms with Gasteiger partial charge in [0.15, 0.2) is 0 Å². The molecule has 0 saturated carbocycles. The summed E-state index contributed by atoms with van der Waals surface area (Å²) in [6.07, 6.45) is -4.42. The molecule has 0 aliphatic rings. The van der Waals surface area contributed by atoms with E-state index in [0.29, 0.717) is 11.5 Å². The van der Waals surface area contributed by atoms with E-state index < -0.39 is 11.7 Å². The summed E-state index contributed by atoms with van der Waals surface area (Å²) in [5, 5.41) is 6.62. The van der Waals surface area contributed by atoms with E-state index in [-0.39, 0.29) is 0 Å². The summed E-state index contributed by atoms with van der Waals surface area (Å²) >= 11 is 1.79. The van der Waals surface area contributed by atoms with E-state index in [1.54, 1.807) is 11.3 Å². The lowest BCUT2D eigenvalue weighted by atomic mass is 9.98. The third-order valence-electron chi connectivity index (χ3n) is 8.84. The van der Waals surface area contributed by atoms with E-state index in [1.807, 2.05) is 28.8 Å². The number of rotatable bonds is 3. The lowest BCUT2D eigenvalue weighted by Crippen LogP contribution is -2.05. The largest absolute Gasteiger partial charge is 0.416 e. The molecule has 0 N–H and O–H groups in total. The summed E-state index contributed by atoms with van der Waals surface area (Å²) in [6, 6.07) is 44.9. The van der Waals surface area contributed by atoms with Crippen molar-refractivity contribution in [3.8, 4) is 28.2 Å². The molecule has 0 spiro atoms. The first-order valence-electron chi connectivity index (χ1n) is 15.0. The van der Waals surface area contributed by atoms with Gasteiger partial charge in [0.1, 0.15) is 5.82 Å². The number of halogens is 3. The Bertz CT molecular complexity index is 2610. The summed E-state index contributed by atoms with van der Waals surface area (Å²) in [6.45, 7) is 0. The number of alkyl halides is 3. The topological polar surface area (TPSA) is 17.8 Å². The first-order chi connectivity index (χ1) is 22.5. The molecule has 0 radical (unpaired) electrons. The first kappa shape index (κ1) is 26.9. The molecule has 9 aromatic rings. The molecule has 6 heteroatoms. The van der Waals surface area contributed by atoms with Gasteiger partial charge in [0.05, 0.1) is 16.6 Å². The minimum atomic E-state index is -4.42. The normalized spacial score (nSPS) is 12.2. The van der Waals surface area contributed by atoms with Gasteiger partial charge in [0.25, 0.3) is 0 Å². The van der Waals surface area contributed by atoms with Crippen LogP contribution < -0.4 is 0 Å². The van der Waals surface area contributed by atoms with Gasteiger partial charge in [-0.25, -0.2) is 4.98 Å². The van der Waals surface area contributed by atoms with Crippen LogP contribution in [0.4, 0.5) is 13.2 Å². The number of imidazole rings is 1. The smallest absolute Gasteiger partial charge is 0.292 e. The number of aromatic nitrogens is 2. The molecule has 0 bridgehead atoms. The van der Waals surface area contributed by atoms with Gasteiger partial charge in [-0.05, 0) is 58.3 Å². The predicted octanol–water partition coefficient (Wildman–Crippen LogP) is 12.1. The fourth-order valence-corrected chi connectivity index (χ4v) is 7.90. The van der Waals surface area contributed by atoms with Crippen LogP contribution >= 0.6 is 11.3 Å². The van der Waals surface area contributed by atoms with Crippen LogP contribution in [0.2, 0.25) is 0 Å².